The van der Waals surface area contributed by atoms with Crippen molar-refractivity contribution in [2.24, 2.45) is 0 Å². The molecule has 0 spiro atoms. The number of hydrogen-bond donors (Lipinski definition) is 0. The van der Waals surface area contributed by atoms with Crippen LogP contribution in [0.4, 0.5) is 11.4 Å². The number of esters is 1. The van der Waals surface area contributed by atoms with Crippen molar-refractivity contribution in [3.63, 3.8) is 0 Å². The normalized spacial score (nSPS) is 18.2. The van der Waals surface area contributed by atoms with Crippen LogP contribution in [0, 0.1) is 0 Å². The van der Waals surface area contributed by atoms with Crippen molar-refractivity contribution >= 4 is 35.5 Å². The van der Waals surface area contributed by atoms with Crippen LogP contribution in [-0.2, 0) is 21.3 Å². The second-order valence-corrected chi connectivity index (χ2v) is 12.2. The Morgan fingerprint density at radius 1 is 0.903 bits per heavy atom. The van der Waals surface area contributed by atoms with E-state index in [0.717, 1.165) is 42.6 Å². The Morgan fingerprint density at radius 3 is 1.90 bits per heavy atom. The molecule has 1 heterocycles. The SMILES string of the molecule is CCOC(=O)CC(=C1CCCCC1)P1(=S)N(c2ccccc2)CCN1c1ccccc1. The summed E-state index contributed by atoms with van der Waals surface area (Å²) in [5.41, 5.74) is 3.68. The summed E-state index contributed by atoms with van der Waals surface area (Å²) in [4.78, 5) is 12.8. The number of carbonyl (C=O) groups excluding carboxylic acids is 1. The van der Waals surface area contributed by atoms with Gasteiger partial charge < -0.3 is 14.1 Å². The van der Waals surface area contributed by atoms with Crippen molar-refractivity contribution in [2.45, 2.75) is 45.4 Å². The first-order valence-electron chi connectivity index (χ1n) is 11.3. The highest BCUT2D eigenvalue weighted by molar-refractivity contribution is 8.18. The van der Waals surface area contributed by atoms with Crippen LogP contribution in [0.15, 0.2) is 71.6 Å². The van der Waals surface area contributed by atoms with Crippen LogP contribution in [0.25, 0.3) is 0 Å². The van der Waals surface area contributed by atoms with Crippen LogP contribution in [0.5, 0.6) is 0 Å². The molecule has 0 amide bonds. The highest BCUT2D eigenvalue weighted by Crippen LogP contribution is 2.68. The highest BCUT2D eigenvalue weighted by atomic mass is 32.4. The van der Waals surface area contributed by atoms with Gasteiger partial charge in [0, 0.05) is 29.8 Å². The summed E-state index contributed by atoms with van der Waals surface area (Å²) in [5.74, 6) is -0.160. The van der Waals surface area contributed by atoms with Crippen LogP contribution in [-0.4, -0.2) is 25.7 Å². The highest BCUT2D eigenvalue weighted by Gasteiger charge is 2.43. The lowest BCUT2D eigenvalue weighted by molar-refractivity contribution is -0.142. The molecule has 4 nitrogen and oxygen atoms in total. The molecule has 4 rings (SSSR count). The zero-order chi connectivity index (χ0) is 21.7. The minimum absolute atomic E-state index is 0.160. The molecule has 2 aliphatic rings. The van der Waals surface area contributed by atoms with E-state index in [1.807, 2.05) is 19.1 Å². The molecule has 2 aromatic rings. The Labute approximate surface area is 191 Å². The van der Waals surface area contributed by atoms with Gasteiger partial charge in [0.1, 0.15) is 6.34 Å². The zero-order valence-corrected chi connectivity index (χ0v) is 19.9. The standard InChI is InChI=1S/C25H31N2O2PS/c1-2-29-25(28)20-24(21-12-6-3-7-13-21)30(31)26(22-14-8-4-9-15-22)18-19-27(30)23-16-10-5-11-17-23/h4-5,8-11,14-17H,2-3,6-7,12-13,18-20H2,1H3. The van der Waals surface area contributed by atoms with E-state index in [1.54, 1.807) is 0 Å². The minimum atomic E-state index is -2.41. The van der Waals surface area contributed by atoms with Crippen LogP contribution < -0.4 is 9.34 Å². The van der Waals surface area contributed by atoms with Crippen molar-refractivity contribution in [3.8, 4) is 0 Å². The summed E-state index contributed by atoms with van der Waals surface area (Å²) in [6.45, 7) is 3.98. The minimum Gasteiger partial charge on any atom is -0.466 e. The van der Waals surface area contributed by atoms with Crippen LogP contribution >= 0.6 is 6.34 Å². The first-order valence-corrected chi connectivity index (χ1v) is 14.0. The Morgan fingerprint density at radius 2 is 1.42 bits per heavy atom. The molecule has 0 aromatic heterocycles. The third kappa shape index (κ3) is 4.58. The van der Waals surface area contributed by atoms with Gasteiger partial charge in [-0.15, -0.1) is 0 Å². The van der Waals surface area contributed by atoms with Crippen molar-refractivity contribution < 1.29 is 9.53 Å². The molecule has 6 heteroatoms. The molecule has 0 N–H and O–H groups in total. The number of rotatable bonds is 6. The molecule has 0 radical (unpaired) electrons. The number of para-hydroxylation sites is 2. The number of ether oxygens (including phenoxy) is 1. The van der Waals surface area contributed by atoms with Gasteiger partial charge in [-0.3, -0.25) is 4.79 Å². The largest absolute Gasteiger partial charge is 0.466 e. The fraction of sp³-hybridized carbons (Fsp3) is 0.400. The predicted octanol–water partition coefficient (Wildman–Crippen LogP) is 6.49. The number of benzene rings is 2. The third-order valence-corrected chi connectivity index (χ3v) is 11.3. The van der Waals surface area contributed by atoms with E-state index >= 15 is 0 Å². The number of hydrogen-bond acceptors (Lipinski definition) is 3. The Hall–Kier alpha value is -2.10. The molecular weight excluding hydrogens is 423 g/mol. The van der Waals surface area contributed by atoms with E-state index in [0.29, 0.717) is 13.0 Å². The smallest absolute Gasteiger partial charge is 0.310 e. The molecule has 0 unspecified atom stereocenters. The average Bonchev–Trinajstić information content (AvgIpc) is 3.17. The quantitative estimate of drug-likeness (QED) is 0.368. The molecule has 2 fully saturated rings. The summed E-state index contributed by atoms with van der Waals surface area (Å²) in [7, 11) is 0. The van der Waals surface area contributed by atoms with Gasteiger partial charge in [-0.25, -0.2) is 0 Å². The fourth-order valence-electron chi connectivity index (χ4n) is 4.70. The summed E-state index contributed by atoms with van der Waals surface area (Å²) < 4.78 is 10.2. The first kappa shape index (κ1) is 22.1. The van der Waals surface area contributed by atoms with Crippen molar-refractivity contribution in [1.29, 1.82) is 0 Å². The van der Waals surface area contributed by atoms with Crippen LogP contribution in [0.3, 0.4) is 0 Å². The number of anilines is 2. The summed E-state index contributed by atoms with van der Waals surface area (Å²) in [6.07, 6.45) is 3.57. The summed E-state index contributed by atoms with van der Waals surface area (Å²) >= 11 is 6.68. The van der Waals surface area contributed by atoms with E-state index in [1.165, 1.54) is 24.8 Å². The molecule has 1 aliphatic heterocycles. The lowest BCUT2D eigenvalue weighted by Gasteiger charge is -2.40. The van der Waals surface area contributed by atoms with E-state index in [9.17, 15) is 4.79 Å². The fourth-order valence-corrected chi connectivity index (χ4v) is 9.77. The molecule has 1 saturated heterocycles. The first-order chi connectivity index (χ1) is 15.1. The molecule has 31 heavy (non-hydrogen) atoms. The van der Waals surface area contributed by atoms with Crippen LogP contribution in [0.2, 0.25) is 0 Å². The van der Waals surface area contributed by atoms with E-state index in [4.69, 9.17) is 16.5 Å². The maximum atomic E-state index is 12.8. The number of carbonyl (C=O) groups is 1. The Kier molecular flexibility index (Phi) is 7.14. The molecule has 0 bridgehead atoms. The molecule has 1 aliphatic carbocycles. The van der Waals surface area contributed by atoms with Gasteiger partial charge in [0.05, 0.1) is 13.0 Å². The maximum Gasteiger partial charge on any atom is 0.310 e. The van der Waals surface area contributed by atoms with Crippen molar-refractivity contribution in [1.82, 2.24) is 0 Å². The molecule has 0 atom stereocenters. The van der Waals surface area contributed by atoms with Crippen LogP contribution in [0.1, 0.15) is 45.4 Å². The zero-order valence-electron chi connectivity index (χ0n) is 18.2. The van der Waals surface area contributed by atoms with E-state index < -0.39 is 6.34 Å². The molecule has 2 aromatic carbocycles. The number of nitrogens with zero attached hydrogens (tertiary/aromatic N) is 2. The maximum absolute atomic E-state index is 12.8. The predicted molar refractivity (Wildman–Crippen MR) is 133 cm³/mol. The topological polar surface area (TPSA) is 32.8 Å². The second-order valence-electron chi connectivity index (χ2n) is 8.05. The average molecular weight is 455 g/mol. The van der Waals surface area contributed by atoms with E-state index in [2.05, 4.69) is 57.9 Å². The molecular formula is C25H31N2O2PS. The monoisotopic (exact) mass is 454 g/mol. The third-order valence-electron chi connectivity index (χ3n) is 6.12. The van der Waals surface area contributed by atoms with Gasteiger partial charge in [0.2, 0.25) is 0 Å². The van der Waals surface area contributed by atoms with Gasteiger partial charge in [0.15, 0.2) is 0 Å². The second kappa shape index (κ2) is 10.0. The van der Waals surface area contributed by atoms with Crippen molar-refractivity contribution in [3.05, 3.63) is 71.6 Å². The van der Waals surface area contributed by atoms with Crippen molar-refractivity contribution in [2.75, 3.05) is 29.0 Å². The Balaban J connectivity index is 1.86. The summed E-state index contributed by atoms with van der Waals surface area (Å²) in [5, 5.41) is 1.16. The van der Waals surface area contributed by atoms with Gasteiger partial charge in [-0.05, 0) is 68.7 Å². The lowest BCUT2D eigenvalue weighted by Crippen LogP contribution is -2.23. The summed E-state index contributed by atoms with van der Waals surface area (Å²) in [6, 6.07) is 20.9. The van der Waals surface area contributed by atoms with Gasteiger partial charge in [-0.1, -0.05) is 48.4 Å². The number of allylic oxidation sites excluding steroid dienone is 1. The van der Waals surface area contributed by atoms with E-state index in [-0.39, 0.29) is 5.97 Å². The molecule has 164 valence electrons. The lowest BCUT2D eigenvalue weighted by atomic mass is 9.94. The Bertz CT molecular complexity index is 918. The van der Waals surface area contributed by atoms with Gasteiger partial charge in [0.25, 0.3) is 0 Å². The van der Waals surface area contributed by atoms with Gasteiger partial charge >= 0.3 is 5.97 Å². The van der Waals surface area contributed by atoms with Gasteiger partial charge in [-0.2, -0.15) is 0 Å². The molecule has 1 saturated carbocycles.